The van der Waals surface area contributed by atoms with Gasteiger partial charge in [-0.15, -0.1) is 0 Å². The van der Waals surface area contributed by atoms with Gasteiger partial charge in [-0.3, -0.25) is 9.78 Å². The summed E-state index contributed by atoms with van der Waals surface area (Å²) in [6.45, 7) is 3.69. The molecule has 0 unspecified atom stereocenters. The Hall–Kier alpha value is -3.54. The number of aromatic nitrogens is 1. The molecular weight excluding hydrogens is 528 g/mol. The number of carbonyl (C=O) groups is 1. The number of aliphatic hydroxyl groups is 1. The third-order valence-electron chi connectivity index (χ3n) is 7.56. The van der Waals surface area contributed by atoms with Gasteiger partial charge in [-0.25, -0.2) is 17.6 Å². The molecule has 2 saturated heterocycles. The van der Waals surface area contributed by atoms with E-state index in [-0.39, 0.29) is 43.3 Å². The lowest BCUT2D eigenvalue weighted by atomic mass is 9.85. The van der Waals surface area contributed by atoms with Crippen LogP contribution in [0.1, 0.15) is 42.1 Å². The Balaban J connectivity index is 1.47. The van der Waals surface area contributed by atoms with E-state index in [9.17, 15) is 14.3 Å². The zero-order valence-corrected chi connectivity index (χ0v) is 21.9. The minimum atomic E-state index is -1.53. The van der Waals surface area contributed by atoms with Crippen LogP contribution in [0.3, 0.4) is 0 Å². The number of ether oxygens (including phenoxy) is 1. The summed E-state index contributed by atoms with van der Waals surface area (Å²) >= 11 is 0. The second-order valence-corrected chi connectivity index (χ2v) is 10.6. The molecule has 2 aliphatic heterocycles. The van der Waals surface area contributed by atoms with E-state index < -0.39 is 51.5 Å². The predicted molar refractivity (Wildman–Crippen MR) is 142 cm³/mol. The van der Waals surface area contributed by atoms with Gasteiger partial charge in [0, 0.05) is 51.4 Å². The zero-order chi connectivity index (χ0) is 28.6. The molecular formula is C29H30F4N4O3. The molecule has 11 heteroatoms. The van der Waals surface area contributed by atoms with Crippen molar-refractivity contribution in [1.29, 1.82) is 0 Å². The second-order valence-electron chi connectivity index (χ2n) is 10.6. The molecule has 1 aromatic heterocycles. The third-order valence-corrected chi connectivity index (χ3v) is 7.56. The van der Waals surface area contributed by atoms with Gasteiger partial charge in [0.2, 0.25) is 0 Å². The van der Waals surface area contributed by atoms with Crippen LogP contribution in [-0.4, -0.2) is 48.3 Å². The van der Waals surface area contributed by atoms with Crippen molar-refractivity contribution in [3.63, 3.8) is 0 Å². The molecule has 0 spiro atoms. The highest BCUT2D eigenvalue weighted by Gasteiger charge is 2.34. The summed E-state index contributed by atoms with van der Waals surface area (Å²) in [5, 5.41) is 13.4. The van der Waals surface area contributed by atoms with E-state index in [1.165, 1.54) is 6.20 Å². The molecule has 5 rings (SSSR count). The number of carbonyl (C=O) groups excluding carboxylic acids is 1. The Morgan fingerprint density at radius 2 is 1.77 bits per heavy atom. The molecule has 1 amide bonds. The van der Waals surface area contributed by atoms with Crippen molar-refractivity contribution in [2.24, 2.45) is 11.7 Å². The average molecular weight is 559 g/mol. The molecule has 2 aliphatic rings. The summed E-state index contributed by atoms with van der Waals surface area (Å²) < 4.78 is 66.2. The SMILES string of the molecule is C[C@@H]1C[C@H](N)CN(c2ccncc2NC(=O)c2ccc(F)c(-c3c(F)cc(C4(O)CCOCC4)cc3F)c2F)C1. The van der Waals surface area contributed by atoms with E-state index in [0.29, 0.717) is 24.7 Å². The van der Waals surface area contributed by atoms with Gasteiger partial charge in [-0.2, -0.15) is 0 Å². The van der Waals surface area contributed by atoms with Crippen molar-refractivity contribution in [3.05, 3.63) is 77.1 Å². The number of anilines is 2. The summed E-state index contributed by atoms with van der Waals surface area (Å²) in [5.41, 5.74) is 2.90. The first-order valence-electron chi connectivity index (χ1n) is 13.1. The lowest BCUT2D eigenvalue weighted by Gasteiger charge is -2.37. The number of nitrogens with one attached hydrogen (secondary N) is 1. The van der Waals surface area contributed by atoms with Gasteiger partial charge in [-0.1, -0.05) is 6.92 Å². The lowest BCUT2D eigenvalue weighted by Crippen LogP contribution is -2.46. The highest BCUT2D eigenvalue weighted by atomic mass is 19.1. The van der Waals surface area contributed by atoms with E-state index in [0.717, 1.165) is 30.7 Å². The first-order valence-corrected chi connectivity index (χ1v) is 13.1. The number of rotatable bonds is 5. The summed E-state index contributed by atoms with van der Waals surface area (Å²) in [6.07, 6.45) is 4.04. The van der Waals surface area contributed by atoms with E-state index in [1.54, 1.807) is 12.3 Å². The third kappa shape index (κ3) is 5.41. The zero-order valence-electron chi connectivity index (χ0n) is 21.9. The molecule has 7 nitrogen and oxygen atoms in total. The standard InChI is InChI=1S/C29H30F4N4O3/c1-16-10-18(34)15-37(14-16)24-4-7-35-13-23(24)36-28(38)19-2-3-20(30)26(27(19)33)25-21(31)11-17(12-22(25)32)29(39)5-8-40-9-6-29/h2-4,7,11-13,16,18,39H,5-6,8-10,14-15,34H2,1H3,(H,36,38)/t16-,18+/m1/s1. The number of nitrogens with zero attached hydrogens (tertiary/aromatic N) is 2. The van der Waals surface area contributed by atoms with Crippen LogP contribution in [0.2, 0.25) is 0 Å². The van der Waals surface area contributed by atoms with Crippen LogP contribution in [0.4, 0.5) is 28.9 Å². The van der Waals surface area contributed by atoms with Crippen molar-refractivity contribution >= 4 is 17.3 Å². The van der Waals surface area contributed by atoms with Crippen LogP contribution in [-0.2, 0) is 10.3 Å². The van der Waals surface area contributed by atoms with Crippen LogP contribution in [0.5, 0.6) is 0 Å². The van der Waals surface area contributed by atoms with Crippen molar-refractivity contribution < 1.29 is 32.2 Å². The number of amides is 1. The van der Waals surface area contributed by atoms with Crippen molar-refractivity contribution in [3.8, 4) is 11.1 Å². The van der Waals surface area contributed by atoms with Gasteiger partial charge in [-0.05, 0) is 48.2 Å². The summed E-state index contributed by atoms with van der Waals surface area (Å²) in [5.74, 6) is -5.85. The maximum atomic E-state index is 15.7. The van der Waals surface area contributed by atoms with Crippen LogP contribution >= 0.6 is 0 Å². The van der Waals surface area contributed by atoms with Crippen LogP contribution in [0.15, 0.2) is 42.7 Å². The smallest absolute Gasteiger partial charge is 0.258 e. The summed E-state index contributed by atoms with van der Waals surface area (Å²) in [7, 11) is 0. The molecule has 0 bridgehead atoms. The van der Waals surface area contributed by atoms with Crippen LogP contribution in [0.25, 0.3) is 11.1 Å². The fraction of sp³-hybridized carbons (Fsp3) is 0.379. The van der Waals surface area contributed by atoms with Gasteiger partial charge in [0.05, 0.1) is 39.9 Å². The molecule has 40 heavy (non-hydrogen) atoms. The van der Waals surface area contributed by atoms with Crippen molar-refractivity contribution in [1.82, 2.24) is 4.98 Å². The van der Waals surface area contributed by atoms with Crippen LogP contribution in [0, 0.1) is 29.2 Å². The molecule has 0 saturated carbocycles. The van der Waals surface area contributed by atoms with Gasteiger partial charge in [0.15, 0.2) is 0 Å². The van der Waals surface area contributed by atoms with Crippen molar-refractivity contribution in [2.45, 2.75) is 37.8 Å². The maximum absolute atomic E-state index is 15.7. The second kappa shape index (κ2) is 11.1. The number of pyridine rings is 1. The lowest BCUT2D eigenvalue weighted by molar-refractivity contribution is -0.0682. The Bertz CT molecular complexity index is 1400. The van der Waals surface area contributed by atoms with E-state index in [4.69, 9.17) is 10.5 Å². The van der Waals surface area contributed by atoms with E-state index in [2.05, 4.69) is 17.2 Å². The van der Waals surface area contributed by atoms with Gasteiger partial charge >= 0.3 is 0 Å². The fourth-order valence-corrected chi connectivity index (χ4v) is 5.58. The molecule has 0 aliphatic carbocycles. The minimum absolute atomic E-state index is 0.0554. The number of benzene rings is 2. The minimum Gasteiger partial charge on any atom is -0.385 e. The molecule has 3 heterocycles. The monoisotopic (exact) mass is 558 g/mol. The molecule has 0 radical (unpaired) electrons. The number of hydrogen-bond donors (Lipinski definition) is 3. The first kappa shape index (κ1) is 28.0. The Labute approximate surface area is 229 Å². The number of halogens is 4. The topological polar surface area (TPSA) is 101 Å². The molecule has 2 fully saturated rings. The van der Waals surface area contributed by atoms with E-state index in [1.807, 2.05) is 4.90 Å². The Morgan fingerprint density at radius 3 is 2.45 bits per heavy atom. The predicted octanol–water partition coefficient (Wildman–Crippen LogP) is 4.73. The fourth-order valence-electron chi connectivity index (χ4n) is 5.58. The van der Waals surface area contributed by atoms with Gasteiger partial charge in [0.25, 0.3) is 5.91 Å². The first-order chi connectivity index (χ1) is 19.1. The normalized spacial score (nSPS) is 20.8. The maximum Gasteiger partial charge on any atom is 0.258 e. The van der Waals surface area contributed by atoms with Gasteiger partial charge in [0.1, 0.15) is 23.3 Å². The molecule has 212 valence electrons. The van der Waals surface area contributed by atoms with Gasteiger partial charge < -0.3 is 25.8 Å². The number of hydrogen-bond acceptors (Lipinski definition) is 6. The Morgan fingerprint density at radius 1 is 1.07 bits per heavy atom. The summed E-state index contributed by atoms with van der Waals surface area (Å²) in [6, 6.07) is 5.05. The number of piperidine rings is 1. The van der Waals surface area contributed by atoms with Crippen LogP contribution < -0.4 is 16.0 Å². The summed E-state index contributed by atoms with van der Waals surface area (Å²) in [4.78, 5) is 19.2. The molecule has 4 N–H and O–H groups in total. The number of nitrogens with two attached hydrogens (primary N) is 1. The van der Waals surface area contributed by atoms with Crippen molar-refractivity contribution in [2.75, 3.05) is 36.5 Å². The quantitative estimate of drug-likeness (QED) is 0.392. The molecule has 2 aromatic carbocycles. The highest BCUT2D eigenvalue weighted by Crippen LogP contribution is 2.38. The van der Waals surface area contributed by atoms with E-state index >= 15 is 13.2 Å². The Kier molecular flexibility index (Phi) is 7.80. The molecule has 2 atom stereocenters. The average Bonchev–Trinajstić information content (AvgIpc) is 2.90. The largest absolute Gasteiger partial charge is 0.385 e. The molecule has 3 aromatic rings. The highest BCUT2D eigenvalue weighted by molar-refractivity contribution is 6.06.